The molecule has 1 aliphatic rings. The van der Waals surface area contributed by atoms with E-state index in [2.05, 4.69) is 10.9 Å². The van der Waals surface area contributed by atoms with Crippen LogP contribution in [0.1, 0.15) is 57.8 Å². The van der Waals surface area contributed by atoms with Gasteiger partial charge >= 0.3 is 0 Å². The molecule has 1 aromatic carbocycles. The van der Waals surface area contributed by atoms with E-state index < -0.39 is 0 Å². The van der Waals surface area contributed by atoms with E-state index in [-0.39, 0.29) is 18.2 Å². The van der Waals surface area contributed by atoms with Crippen LogP contribution in [0.15, 0.2) is 24.3 Å². The van der Waals surface area contributed by atoms with Crippen molar-refractivity contribution in [3.63, 3.8) is 0 Å². The van der Waals surface area contributed by atoms with Crippen LogP contribution in [0.4, 0.5) is 0 Å². The summed E-state index contributed by atoms with van der Waals surface area (Å²) < 4.78 is 10.5. The van der Waals surface area contributed by atoms with Crippen LogP contribution in [0.3, 0.4) is 0 Å². The summed E-state index contributed by atoms with van der Waals surface area (Å²) in [6.45, 7) is 0. The van der Waals surface area contributed by atoms with Gasteiger partial charge in [-0.15, -0.1) is 11.3 Å². The lowest BCUT2D eigenvalue weighted by Crippen LogP contribution is -2.41. The maximum atomic E-state index is 12.4. The normalized spacial score (nSPS) is 13.6. The molecule has 0 saturated carbocycles. The van der Waals surface area contributed by atoms with Gasteiger partial charge in [-0.2, -0.15) is 0 Å². The highest BCUT2D eigenvalue weighted by molar-refractivity contribution is 7.14. The molecule has 0 atom stereocenters. The number of thiophene rings is 1. The summed E-state index contributed by atoms with van der Waals surface area (Å²) in [7, 11) is 3.16. The van der Waals surface area contributed by atoms with Gasteiger partial charge < -0.3 is 9.47 Å². The van der Waals surface area contributed by atoms with Crippen LogP contribution in [0.5, 0.6) is 11.5 Å². The number of hydrogen-bond acceptors (Lipinski definition) is 5. The Balaban J connectivity index is 1.49. The molecule has 156 valence electrons. The molecule has 6 nitrogen and oxygen atoms in total. The maximum Gasteiger partial charge on any atom is 0.279 e. The molecule has 29 heavy (non-hydrogen) atoms. The van der Waals surface area contributed by atoms with Crippen LogP contribution in [0, 0.1) is 0 Å². The van der Waals surface area contributed by atoms with Gasteiger partial charge in [0.1, 0.15) is 0 Å². The Bertz CT molecular complexity index is 837. The molecular weight excluding hydrogens is 388 g/mol. The minimum Gasteiger partial charge on any atom is -0.493 e. The van der Waals surface area contributed by atoms with Crippen LogP contribution >= 0.6 is 11.3 Å². The second kappa shape index (κ2) is 10.3. The Labute approximate surface area is 175 Å². The Morgan fingerprint density at radius 2 is 1.72 bits per heavy atom. The van der Waals surface area contributed by atoms with Crippen molar-refractivity contribution >= 4 is 23.2 Å². The second-order valence-electron chi connectivity index (χ2n) is 7.16. The summed E-state index contributed by atoms with van der Waals surface area (Å²) in [6, 6.07) is 7.55. The third-order valence-corrected chi connectivity index (χ3v) is 6.36. The highest BCUT2D eigenvalue weighted by Crippen LogP contribution is 2.29. The third kappa shape index (κ3) is 5.73. The average Bonchev–Trinajstić information content (AvgIpc) is 3.12. The highest BCUT2D eigenvalue weighted by atomic mass is 32.1. The number of carbonyl (C=O) groups excluding carboxylic acids is 2. The van der Waals surface area contributed by atoms with Crippen LogP contribution in [-0.4, -0.2) is 26.0 Å². The molecule has 0 saturated heterocycles. The van der Waals surface area contributed by atoms with Crippen molar-refractivity contribution in [1.29, 1.82) is 0 Å². The molecule has 1 aromatic heterocycles. The lowest BCUT2D eigenvalue weighted by Gasteiger charge is -2.10. The lowest BCUT2D eigenvalue weighted by molar-refractivity contribution is -0.121. The summed E-state index contributed by atoms with van der Waals surface area (Å²) in [5, 5.41) is 0. The van der Waals surface area contributed by atoms with Crippen molar-refractivity contribution in [1.82, 2.24) is 10.9 Å². The molecule has 1 aliphatic carbocycles. The second-order valence-corrected chi connectivity index (χ2v) is 8.30. The van der Waals surface area contributed by atoms with Crippen LogP contribution in [0.25, 0.3) is 0 Å². The molecule has 3 rings (SSSR count). The monoisotopic (exact) mass is 416 g/mol. The van der Waals surface area contributed by atoms with E-state index in [1.165, 1.54) is 36.1 Å². The van der Waals surface area contributed by atoms with E-state index in [4.69, 9.17) is 9.47 Å². The van der Waals surface area contributed by atoms with E-state index in [0.717, 1.165) is 18.4 Å². The Morgan fingerprint density at radius 1 is 0.966 bits per heavy atom. The number of amides is 2. The van der Waals surface area contributed by atoms with Gasteiger partial charge in [0.25, 0.3) is 5.91 Å². The van der Waals surface area contributed by atoms with Crippen LogP contribution < -0.4 is 20.3 Å². The Kier molecular flexibility index (Phi) is 7.52. The number of nitrogens with one attached hydrogen (secondary N) is 2. The Hall–Kier alpha value is -2.54. The summed E-state index contributed by atoms with van der Waals surface area (Å²) in [6.07, 6.45) is 7.76. The van der Waals surface area contributed by atoms with Gasteiger partial charge in [-0.25, -0.2) is 0 Å². The predicted octanol–water partition coefficient (Wildman–Crippen LogP) is 3.82. The van der Waals surface area contributed by atoms with E-state index in [1.807, 2.05) is 24.3 Å². The fourth-order valence-electron chi connectivity index (χ4n) is 3.50. The van der Waals surface area contributed by atoms with Crippen molar-refractivity contribution in [3.05, 3.63) is 45.1 Å². The first-order valence-corrected chi connectivity index (χ1v) is 10.8. The van der Waals surface area contributed by atoms with E-state index in [9.17, 15) is 9.59 Å². The number of ether oxygens (including phenoxy) is 2. The molecule has 1 heterocycles. The first-order valence-electron chi connectivity index (χ1n) is 10.0. The number of fused-ring (bicyclic) bond motifs is 1. The Morgan fingerprint density at radius 3 is 2.48 bits per heavy atom. The summed E-state index contributed by atoms with van der Waals surface area (Å²) in [4.78, 5) is 26.5. The number of hydrazine groups is 1. The molecule has 0 unspecified atom stereocenters. The number of hydrogen-bond donors (Lipinski definition) is 2. The van der Waals surface area contributed by atoms with E-state index >= 15 is 0 Å². The largest absolute Gasteiger partial charge is 0.493 e. The highest BCUT2D eigenvalue weighted by Gasteiger charge is 2.16. The number of aryl methyl sites for hydroxylation is 3. The maximum absolute atomic E-state index is 12.4. The van der Waals surface area contributed by atoms with Crippen LogP contribution in [0.2, 0.25) is 0 Å². The molecule has 2 amide bonds. The van der Waals surface area contributed by atoms with Gasteiger partial charge in [-0.05, 0) is 61.4 Å². The van der Waals surface area contributed by atoms with Gasteiger partial charge in [0, 0.05) is 11.3 Å². The van der Waals surface area contributed by atoms with Crippen LogP contribution in [-0.2, 0) is 24.1 Å². The molecule has 2 aromatic rings. The molecular formula is C22H28N2O4S. The number of benzene rings is 1. The molecule has 0 aliphatic heterocycles. The minimum atomic E-state index is -0.249. The topological polar surface area (TPSA) is 76.7 Å². The van der Waals surface area contributed by atoms with E-state index in [0.29, 0.717) is 22.8 Å². The zero-order valence-corrected chi connectivity index (χ0v) is 17.8. The minimum absolute atomic E-state index is 0.233. The standard InChI is InChI=1S/C22H28N2O4S/c1-27-17-11-9-15(13-18(17)28-2)10-12-21(25)23-24-22(26)20-14-16-7-5-3-4-6-8-19(16)29-20/h9,11,13-14H,3-8,10,12H2,1-2H3,(H,23,25)(H,24,26). The van der Waals surface area contributed by atoms with Crippen molar-refractivity contribution in [2.24, 2.45) is 0 Å². The van der Waals surface area contributed by atoms with Gasteiger partial charge in [-0.3, -0.25) is 20.4 Å². The quantitative estimate of drug-likeness (QED) is 0.702. The van der Waals surface area contributed by atoms with E-state index in [1.54, 1.807) is 25.6 Å². The molecule has 0 fully saturated rings. The molecule has 7 heteroatoms. The summed E-state index contributed by atoms with van der Waals surface area (Å²) in [5.41, 5.74) is 7.31. The molecule has 0 radical (unpaired) electrons. The summed E-state index contributed by atoms with van der Waals surface area (Å²) >= 11 is 1.55. The van der Waals surface area contributed by atoms with Gasteiger partial charge in [0.15, 0.2) is 11.5 Å². The van der Waals surface area contributed by atoms with Crippen molar-refractivity contribution in [2.75, 3.05) is 14.2 Å². The zero-order chi connectivity index (χ0) is 20.6. The first kappa shape index (κ1) is 21.2. The SMILES string of the molecule is COc1ccc(CCC(=O)NNC(=O)c2cc3c(s2)CCCCCC3)cc1OC. The fraction of sp³-hybridized carbons (Fsp3) is 0.455. The smallest absolute Gasteiger partial charge is 0.279 e. The first-order chi connectivity index (χ1) is 14.1. The average molecular weight is 417 g/mol. The predicted molar refractivity (Wildman–Crippen MR) is 114 cm³/mol. The lowest BCUT2D eigenvalue weighted by atomic mass is 10.00. The van der Waals surface area contributed by atoms with Crippen molar-refractivity contribution in [3.8, 4) is 11.5 Å². The summed E-state index contributed by atoms with van der Waals surface area (Å²) in [5.74, 6) is 0.800. The van der Waals surface area contributed by atoms with Crippen molar-refractivity contribution in [2.45, 2.75) is 51.4 Å². The molecule has 2 N–H and O–H groups in total. The van der Waals surface area contributed by atoms with Gasteiger partial charge in [0.05, 0.1) is 19.1 Å². The number of methoxy groups -OCH3 is 2. The van der Waals surface area contributed by atoms with Gasteiger partial charge in [0.2, 0.25) is 5.91 Å². The number of rotatable bonds is 6. The fourth-order valence-corrected chi connectivity index (χ4v) is 4.65. The van der Waals surface area contributed by atoms with Gasteiger partial charge in [-0.1, -0.05) is 18.9 Å². The third-order valence-electron chi connectivity index (χ3n) is 5.12. The zero-order valence-electron chi connectivity index (χ0n) is 17.0. The molecule has 0 spiro atoms. The number of carbonyl (C=O) groups is 2. The molecule has 0 bridgehead atoms. The van der Waals surface area contributed by atoms with Crippen molar-refractivity contribution < 1.29 is 19.1 Å².